The molecule has 0 radical (unpaired) electrons. The molecular weight excluding hydrogens is 328 g/mol. The van der Waals surface area contributed by atoms with Gasteiger partial charge in [-0.15, -0.1) is 0 Å². The number of hydrogen-bond donors (Lipinski definition) is 2. The average molecular weight is 351 g/mol. The quantitative estimate of drug-likeness (QED) is 0.585. The number of anilines is 1. The number of hydrogen-bond acceptors (Lipinski definition) is 5. The Morgan fingerprint density at radius 1 is 1.36 bits per heavy atom. The molecule has 1 saturated heterocycles. The zero-order valence-electron chi connectivity index (χ0n) is 14.4. The summed E-state index contributed by atoms with van der Waals surface area (Å²) >= 11 is 0. The first-order valence-electron chi connectivity index (χ1n) is 8.24. The summed E-state index contributed by atoms with van der Waals surface area (Å²) in [5.74, 6) is -0.283. The second-order valence-corrected chi connectivity index (χ2v) is 5.83. The Labute approximate surface area is 145 Å². The van der Waals surface area contributed by atoms with Gasteiger partial charge >= 0.3 is 6.09 Å². The minimum Gasteiger partial charge on any atom is -0.450 e. The molecule has 2 N–H and O–H groups in total. The summed E-state index contributed by atoms with van der Waals surface area (Å²) in [5, 5.41) is 13.7. The molecule has 0 aliphatic carbocycles. The number of nitrogens with one attached hydrogen (secondary N) is 2. The molecule has 0 aromatic heterocycles. The fourth-order valence-corrected chi connectivity index (χ4v) is 2.79. The van der Waals surface area contributed by atoms with Crippen molar-refractivity contribution in [1.82, 2.24) is 4.90 Å². The highest BCUT2D eigenvalue weighted by Crippen LogP contribution is 2.23. The number of piperazine rings is 1. The number of ether oxygens (including phenoxy) is 1. The zero-order valence-corrected chi connectivity index (χ0v) is 14.4. The molecule has 0 spiro atoms. The smallest absolute Gasteiger partial charge is 0.410 e. The van der Waals surface area contributed by atoms with Crippen LogP contribution in [0.25, 0.3) is 0 Å². The van der Waals surface area contributed by atoms with E-state index in [1.54, 1.807) is 30.9 Å². The zero-order chi connectivity index (χ0) is 18.4. The van der Waals surface area contributed by atoms with Crippen LogP contribution in [0, 0.1) is 10.1 Å². The molecule has 1 fully saturated rings. The Morgan fingerprint density at radius 2 is 2.00 bits per heavy atom. The maximum Gasteiger partial charge on any atom is 0.410 e. The van der Waals surface area contributed by atoms with E-state index in [-0.39, 0.29) is 29.4 Å². The van der Waals surface area contributed by atoms with Gasteiger partial charge in [0.05, 0.1) is 37.7 Å². The number of para-hydroxylation sites is 2. The van der Waals surface area contributed by atoms with E-state index in [0.717, 1.165) is 4.90 Å². The molecule has 1 aromatic carbocycles. The van der Waals surface area contributed by atoms with Gasteiger partial charge in [-0.05, 0) is 19.9 Å². The highest BCUT2D eigenvalue weighted by molar-refractivity contribution is 5.95. The van der Waals surface area contributed by atoms with E-state index >= 15 is 0 Å². The van der Waals surface area contributed by atoms with Gasteiger partial charge in [0.2, 0.25) is 0 Å². The van der Waals surface area contributed by atoms with Gasteiger partial charge < -0.3 is 15.0 Å². The normalized spacial score (nSPS) is 16.2. The average Bonchev–Trinajstić information content (AvgIpc) is 2.61. The monoisotopic (exact) mass is 351 g/mol. The van der Waals surface area contributed by atoms with Crippen molar-refractivity contribution < 1.29 is 24.1 Å². The van der Waals surface area contributed by atoms with E-state index in [9.17, 15) is 19.7 Å². The van der Waals surface area contributed by atoms with Gasteiger partial charge in [-0.25, -0.2) is 4.79 Å². The summed E-state index contributed by atoms with van der Waals surface area (Å²) in [4.78, 5) is 37.3. The van der Waals surface area contributed by atoms with Crippen molar-refractivity contribution in [1.29, 1.82) is 0 Å². The van der Waals surface area contributed by atoms with Gasteiger partial charge in [-0.1, -0.05) is 12.1 Å². The first-order chi connectivity index (χ1) is 11.9. The van der Waals surface area contributed by atoms with Crippen LogP contribution in [0.1, 0.15) is 13.8 Å². The minimum absolute atomic E-state index is 0.134. The lowest BCUT2D eigenvalue weighted by Crippen LogP contribution is -3.19. The number of benzene rings is 1. The van der Waals surface area contributed by atoms with Gasteiger partial charge in [-0.2, -0.15) is 0 Å². The summed E-state index contributed by atoms with van der Waals surface area (Å²) in [5.41, 5.74) is 0.0547. The predicted octanol–water partition coefficient (Wildman–Crippen LogP) is 0.279. The predicted molar refractivity (Wildman–Crippen MR) is 90.5 cm³/mol. The van der Waals surface area contributed by atoms with Crippen LogP contribution in [0.5, 0.6) is 0 Å². The van der Waals surface area contributed by atoms with E-state index in [1.165, 1.54) is 12.1 Å². The van der Waals surface area contributed by atoms with E-state index in [0.29, 0.717) is 32.8 Å². The third-order valence-corrected chi connectivity index (χ3v) is 4.30. The summed E-state index contributed by atoms with van der Waals surface area (Å²) in [7, 11) is 0. The fraction of sp³-hybridized carbons (Fsp3) is 0.500. The SMILES string of the molecule is CCOC(=O)N1CC[NH+]([C@H](C)C(=O)Nc2ccccc2[N+](=O)[O-])CC1. The molecule has 1 heterocycles. The standard InChI is InChI=1S/C16H22N4O5/c1-3-25-16(22)19-10-8-18(9-11-19)12(2)15(21)17-13-6-4-5-7-14(13)20(23)24/h4-7,12H,3,8-11H2,1-2H3,(H,17,21)/p+1/t12-/m1/s1. The molecule has 136 valence electrons. The van der Waals surface area contributed by atoms with Crippen LogP contribution >= 0.6 is 0 Å². The molecule has 9 nitrogen and oxygen atoms in total. The summed E-state index contributed by atoms with van der Waals surface area (Å²) in [6, 6.07) is 5.67. The Balaban J connectivity index is 1.93. The van der Waals surface area contributed by atoms with Crippen molar-refractivity contribution >= 4 is 23.4 Å². The van der Waals surface area contributed by atoms with E-state index in [2.05, 4.69) is 5.32 Å². The summed E-state index contributed by atoms with van der Waals surface area (Å²) in [6.45, 7) is 6.12. The minimum atomic E-state index is -0.523. The van der Waals surface area contributed by atoms with Crippen molar-refractivity contribution in [2.75, 3.05) is 38.1 Å². The van der Waals surface area contributed by atoms with Crippen LogP contribution in [0.3, 0.4) is 0 Å². The van der Waals surface area contributed by atoms with E-state index < -0.39 is 4.92 Å². The summed E-state index contributed by atoms with van der Waals surface area (Å²) < 4.78 is 4.97. The molecule has 1 aromatic rings. The lowest BCUT2D eigenvalue weighted by atomic mass is 10.2. The second kappa shape index (κ2) is 8.43. The number of nitro groups is 1. The van der Waals surface area contributed by atoms with Crippen molar-refractivity contribution in [2.45, 2.75) is 19.9 Å². The topological polar surface area (TPSA) is 106 Å². The van der Waals surface area contributed by atoms with E-state index in [4.69, 9.17) is 4.74 Å². The van der Waals surface area contributed by atoms with Crippen LogP contribution in [-0.2, 0) is 9.53 Å². The molecule has 1 aliphatic heterocycles. The Hall–Kier alpha value is -2.68. The number of carbonyl (C=O) groups is 2. The number of carbonyl (C=O) groups excluding carboxylic acids is 2. The molecule has 0 unspecified atom stereocenters. The van der Waals surface area contributed by atoms with Gasteiger partial charge in [0.15, 0.2) is 6.04 Å². The van der Waals surface area contributed by atoms with Crippen molar-refractivity contribution in [3.05, 3.63) is 34.4 Å². The first-order valence-corrected chi connectivity index (χ1v) is 8.24. The van der Waals surface area contributed by atoms with Crippen LogP contribution in [0.15, 0.2) is 24.3 Å². The van der Waals surface area contributed by atoms with Crippen LogP contribution < -0.4 is 10.2 Å². The molecule has 25 heavy (non-hydrogen) atoms. The highest BCUT2D eigenvalue weighted by Gasteiger charge is 2.32. The van der Waals surface area contributed by atoms with Crippen molar-refractivity contribution in [3.8, 4) is 0 Å². The molecule has 2 amide bonds. The van der Waals surface area contributed by atoms with Gasteiger partial charge in [0.1, 0.15) is 5.69 Å². The molecule has 0 bridgehead atoms. The van der Waals surface area contributed by atoms with Gasteiger partial charge in [0, 0.05) is 6.07 Å². The third kappa shape index (κ3) is 4.66. The lowest BCUT2D eigenvalue weighted by molar-refractivity contribution is -0.917. The number of rotatable bonds is 5. The Morgan fingerprint density at radius 3 is 2.60 bits per heavy atom. The molecule has 9 heteroatoms. The van der Waals surface area contributed by atoms with Gasteiger partial charge in [0.25, 0.3) is 11.6 Å². The molecule has 1 aliphatic rings. The number of quaternary nitrogens is 1. The molecule has 2 rings (SSSR count). The Bertz CT molecular complexity index is 643. The third-order valence-electron chi connectivity index (χ3n) is 4.30. The van der Waals surface area contributed by atoms with Crippen molar-refractivity contribution in [3.63, 3.8) is 0 Å². The first kappa shape index (κ1) is 18.7. The van der Waals surface area contributed by atoms with Gasteiger partial charge in [-0.3, -0.25) is 19.8 Å². The molecule has 0 saturated carbocycles. The highest BCUT2D eigenvalue weighted by atomic mass is 16.6. The maximum absolute atomic E-state index is 12.4. The number of nitrogens with zero attached hydrogens (tertiary/aromatic N) is 2. The second-order valence-electron chi connectivity index (χ2n) is 5.83. The van der Waals surface area contributed by atoms with E-state index in [1.807, 2.05) is 0 Å². The van der Waals surface area contributed by atoms with Crippen LogP contribution in [0.4, 0.5) is 16.2 Å². The fourth-order valence-electron chi connectivity index (χ4n) is 2.79. The molecular formula is C16H23N4O5+. The largest absolute Gasteiger partial charge is 0.450 e. The maximum atomic E-state index is 12.4. The van der Waals surface area contributed by atoms with Crippen LogP contribution in [-0.4, -0.2) is 60.7 Å². The van der Waals surface area contributed by atoms with Crippen LogP contribution in [0.2, 0.25) is 0 Å². The number of amides is 2. The Kier molecular flexibility index (Phi) is 6.29. The molecule has 1 atom stereocenters. The van der Waals surface area contributed by atoms with Crippen molar-refractivity contribution in [2.24, 2.45) is 0 Å². The lowest BCUT2D eigenvalue weighted by Gasteiger charge is -2.34. The number of nitro benzene ring substituents is 1. The summed E-state index contributed by atoms with van der Waals surface area (Å²) in [6.07, 6.45) is -0.335.